The third kappa shape index (κ3) is 3.82. The van der Waals surface area contributed by atoms with Crippen molar-refractivity contribution in [3.05, 3.63) is 59.7 Å². The van der Waals surface area contributed by atoms with E-state index in [1.54, 1.807) is 4.90 Å². The number of hydrogen-bond donors (Lipinski definition) is 1. The van der Waals surface area contributed by atoms with E-state index in [2.05, 4.69) is 15.3 Å². The summed E-state index contributed by atoms with van der Waals surface area (Å²) in [4.78, 5) is 36.3. The molecular formula is C22H22N4O2S. The fourth-order valence-corrected chi connectivity index (χ4v) is 4.19. The number of amides is 2. The lowest BCUT2D eigenvalue weighted by Gasteiger charge is -2.25. The molecule has 0 aliphatic carbocycles. The predicted molar refractivity (Wildman–Crippen MR) is 118 cm³/mol. The number of carbonyl (C=O) groups is 2. The predicted octanol–water partition coefficient (Wildman–Crippen LogP) is 4.13. The molecule has 7 heteroatoms. The van der Waals surface area contributed by atoms with E-state index in [4.69, 9.17) is 0 Å². The molecule has 0 bridgehead atoms. The molecule has 0 radical (unpaired) electrons. The molecule has 0 aromatic heterocycles. The van der Waals surface area contributed by atoms with Crippen molar-refractivity contribution >= 4 is 46.0 Å². The first-order valence-corrected chi connectivity index (χ1v) is 10.6. The quantitative estimate of drug-likeness (QED) is 0.811. The Bertz CT molecular complexity index is 1030. The number of fused-ring (bicyclic) bond motifs is 3. The van der Waals surface area contributed by atoms with Crippen molar-refractivity contribution in [1.82, 2.24) is 4.90 Å². The van der Waals surface area contributed by atoms with Gasteiger partial charge in [-0.3, -0.25) is 14.6 Å². The minimum absolute atomic E-state index is 0.0677. The molecule has 148 valence electrons. The van der Waals surface area contributed by atoms with Crippen molar-refractivity contribution in [2.75, 3.05) is 11.1 Å². The Morgan fingerprint density at radius 2 is 1.93 bits per heavy atom. The molecule has 0 saturated carbocycles. The number of hydrogen-bond acceptors (Lipinski definition) is 5. The van der Waals surface area contributed by atoms with Gasteiger partial charge in [-0.1, -0.05) is 55.4 Å². The summed E-state index contributed by atoms with van der Waals surface area (Å²) in [6.07, 6.45) is 1.58. The van der Waals surface area contributed by atoms with Crippen LogP contribution in [0.2, 0.25) is 0 Å². The second kappa shape index (κ2) is 8.21. The third-order valence-corrected chi connectivity index (χ3v) is 5.80. The van der Waals surface area contributed by atoms with Gasteiger partial charge in [-0.15, -0.1) is 0 Å². The van der Waals surface area contributed by atoms with Gasteiger partial charge < -0.3 is 5.32 Å². The molecule has 0 fully saturated rings. The first-order chi connectivity index (χ1) is 14.1. The number of nitrogens with zero attached hydrogens (tertiary/aromatic N) is 3. The van der Waals surface area contributed by atoms with Crippen molar-refractivity contribution in [2.45, 2.75) is 32.7 Å². The Morgan fingerprint density at radius 3 is 2.72 bits per heavy atom. The zero-order chi connectivity index (χ0) is 20.4. The van der Waals surface area contributed by atoms with Gasteiger partial charge in [0.25, 0.3) is 5.91 Å². The summed E-state index contributed by atoms with van der Waals surface area (Å²) >= 11 is 1.26. The van der Waals surface area contributed by atoms with Gasteiger partial charge in [0.2, 0.25) is 5.91 Å². The van der Waals surface area contributed by atoms with Crippen LogP contribution in [0.15, 0.2) is 58.5 Å². The van der Waals surface area contributed by atoms with Gasteiger partial charge in [-0.05, 0) is 37.1 Å². The zero-order valence-electron chi connectivity index (χ0n) is 16.4. The lowest BCUT2D eigenvalue weighted by atomic mass is 10.1. The van der Waals surface area contributed by atoms with Crippen molar-refractivity contribution in [3.8, 4) is 0 Å². The Labute approximate surface area is 174 Å². The standard InChI is InChI=1S/C22H22N4O2S/c1-3-8-18-21(28)26-20(24-18)15-10-5-7-12-17(15)25-22(26)29-13-19(27)23-16-11-6-4-9-14(16)2/h4-7,9-12,18H,3,8,13H2,1-2H3,(H,23,27)/t18-/m0/s1. The molecule has 1 N–H and O–H groups in total. The maximum atomic E-state index is 12.9. The van der Waals surface area contributed by atoms with Crippen LogP contribution in [0.4, 0.5) is 11.4 Å². The van der Waals surface area contributed by atoms with Crippen LogP contribution in [-0.2, 0) is 9.59 Å². The van der Waals surface area contributed by atoms with E-state index in [9.17, 15) is 9.59 Å². The first kappa shape index (κ1) is 19.4. The Balaban J connectivity index is 1.55. The van der Waals surface area contributed by atoms with Crippen LogP contribution in [0.3, 0.4) is 0 Å². The highest BCUT2D eigenvalue weighted by molar-refractivity contribution is 8.14. The molecule has 6 nitrogen and oxygen atoms in total. The second-order valence-corrected chi connectivity index (χ2v) is 7.94. The summed E-state index contributed by atoms with van der Waals surface area (Å²) in [5.74, 6) is 0.592. The molecule has 2 aromatic rings. The normalized spacial score (nSPS) is 17.4. The van der Waals surface area contributed by atoms with Crippen LogP contribution in [0.25, 0.3) is 0 Å². The molecule has 2 aliphatic rings. The van der Waals surface area contributed by atoms with E-state index < -0.39 is 0 Å². The summed E-state index contributed by atoms with van der Waals surface area (Å²) < 4.78 is 0. The maximum absolute atomic E-state index is 12.9. The Hall–Kier alpha value is -2.93. The summed E-state index contributed by atoms with van der Waals surface area (Å²) in [5.41, 5.74) is 3.42. The fraction of sp³-hybridized carbons (Fsp3) is 0.273. The Morgan fingerprint density at radius 1 is 1.17 bits per heavy atom. The maximum Gasteiger partial charge on any atom is 0.259 e. The lowest BCUT2D eigenvalue weighted by molar-refractivity contribution is -0.124. The van der Waals surface area contributed by atoms with Gasteiger partial charge >= 0.3 is 0 Å². The first-order valence-electron chi connectivity index (χ1n) is 9.66. The average molecular weight is 407 g/mol. The number of aliphatic imine (C=N–C) groups is 2. The minimum Gasteiger partial charge on any atom is -0.325 e. The number of nitrogens with one attached hydrogen (secondary N) is 1. The van der Waals surface area contributed by atoms with Gasteiger partial charge in [0.05, 0.1) is 11.4 Å². The van der Waals surface area contributed by atoms with E-state index >= 15 is 0 Å². The zero-order valence-corrected chi connectivity index (χ0v) is 17.2. The summed E-state index contributed by atoms with van der Waals surface area (Å²) in [6.45, 7) is 3.99. The van der Waals surface area contributed by atoms with E-state index in [-0.39, 0.29) is 23.6 Å². The number of thioether (sulfide) groups is 1. The third-order valence-electron chi connectivity index (χ3n) is 4.86. The highest BCUT2D eigenvalue weighted by Gasteiger charge is 2.40. The highest BCUT2D eigenvalue weighted by atomic mass is 32.2. The van der Waals surface area contributed by atoms with Crippen LogP contribution in [0, 0.1) is 6.92 Å². The SMILES string of the molecule is CCC[C@@H]1N=C2c3ccccc3N=C(SCC(=O)Nc3ccccc3C)N2C1=O. The van der Waals surface area contributed by atoms with Crippen molar-refractivity contribution < 1.29 is 9.59 Å². The van der Waals surface area contributed by atoms with Crippen LogP contribution in [0.1, 0.15) is 30.9 Å². The van der Waals surface area contributed by atoms with Crippen molar-refractivity contribution in [3.63, 3.8) is 0 Å². The van der Waals surface area contributed by atoms with Crippen molar-refractivity contribution in [1.29, 1.82) is 0 Å². The van der Waals surface area contributed by atoms with Crippen molar-refractivity contribution in [2.24, 2.45) is 9.98 Å². The summed E-state index contributed by atoms with van der Waals surface area (Å²) in [5, 5.41) is 3.43. The monoisotopic (exact) mass is 406 g/mol. The number of para-hydroxylation sites is 2. The van der Waals surface area contributed by atoms with Crippen LogP contribution >= 0.6 is 11.8 Å². The van der Waals surface area contributed by atoms with Crippen LogP contribution in [-0.4, -0.2) is 39.5 Å². The van der Waals surface area contributed by atoms with Gasteiger partial charge in [-0.25, -0.2) is 9.89 Å². The highest BCUT2D eigenvalue weighted by Crippen LogP contribution is 2.34. The molecule has 1 atom stereocenters. The molecule has 0 spiro atoms. The fourth-order valence-electron chi connectivity index (χ4n) is 3.39. The number of rotatable bonds is 5. The molecule has 2 aromatic carbocycles. The number of anilines is 1. The second-order valence-electron chi connectivity index (χ2n) is 6.99. The summed E-state index contributed by atoms with van der Waals surface area (Å²) in [7, 11) is 0. The van der Waals surface area contributed by atoms with Crippen LogP contribution < -0.4 is 5.32 Å². The smallest absolute Gasteiger partial charge is 0.259 e. The number of carbonyl (C=O) groups excluding carboxylic acids is 2. The lowest BCUT2D eigenvalue weighted by Crippen LogP contribution is -2.41. The van der Waals surface area contributed by atoms with E-state index in [1.807, 2.05) is 62.4 Å². The number of amidine groups is 2. The molecule has 2 amide bonds. The number of benzene rings is 2. The van der Waals surface area contributed by atoms with E-state index in [1.165, 1.54) is 11.8 Å². The molecule has 0 saturated heterocycles. The average Bonchev–Trinajstić information content (AvgIpc) is 3.05. The van der Waals surface area contributed by atoms with E-state index in [0.29, 0.717) is 17.4 Å². The molecule has 29 heavy (non-hydrogen) atoms. The van der Waals surface area contributed by atoms with Crippen LogP contribution in [0.5, 0.6) is 0 Å². The van der Waals surface area contributed by atoms with Gasteiger partial charge in [0.15, 0.2) is 5.17 Å². The molecular weight excluding hydrogens is 384 g/mol. The van der Waals surface area contributed by atoms with Gasteiger partial charge in [-0.2, -0.15) is 0 Å². The Kier molecular flexibility index (Phi) is 5.49. The molecule has 2 heterocycles. The van der Waals surface area contributed by atoms with Gasteiger partial charge in [0.1, 0.15) is 11.9 Å². The largest absolute Gasteiger partial charge is 0.325 e. The molecule has 0 unspecified atom stereocenters. The van der Waals surface area contributed by atoms with E-state index in [0.717, 1.165) is 28.9 Å². The molecule has 4 rings (SSSR count). The minimum atomic E-state index is -0.382. The summed E-state index contributed by atoms with van der Waals surface area (Å²) in [6, 6.07) is 14.9. The van der Waals surface area contributed by atoms with Gasteiger partial charge in [0, 0.05) is 11.3 Å². The number of aryl methyl sites for hydroxylation is 1. The molecule has 2 aliphatic heterocycles. The topological polar surface area (TPSA) is 74.1 Å².